The van der Waals surface area contributed by atoms with E-state index < -0.39 is 11.6 Å². The minimum absolute atomic E-state index is 0.0672. The maximum Gasteiger partial charge on any atom is 0.123 e. The van der Waals surface area contributed by atoms with Gasteiger partial charge in [0.05, 0.1) is 6.04 Å². The lowest BCUT2D eigenvalue weighted by atomic mass is 9.55. The standard InChI is InChI=1S/C26H33N3O3.2C2H6/c1-12-21-13(2)26(32)14(3)23(15(4)27)25(31)24(28-5)18(26)11-16(21)10-17-19(29(6)7)8-9-20(30)22(12)17;2*1-2/h8-9,16,18,24,28,30-32H,1,3-4,10-11,27H2,2,5-7H3;2*1-2H3/t16-,18-,24-,26-;;/m0../s1. The van der Waals surface area contributed by atoms with E-state index in [-0.39, 0.29) is 29.0 Å². The molecule has 198 valence electrons. The Morgan fingerprint density at radius 1 is 1.14 bits per heavy atom. The topological polar surface area (TPSA) is 102 Å². The van der Waals surface area contributed by atoms with Crippen LogP contribution in [0.1, 0.15) is 52.2 Å². The zero-order valence-electron chi connectivity index (χ0n) is 23.3. The second-order valence-corrected chi connectivity index (χ2v) is 9.41. The van der Waals surface area contributed by atoms with Gasteiger partial charge in [-0.1, -0.05) is 47.4 Å². The maximum atomic E-state index is 12.1. The van der Waals surface area contributed by atoms with Crippen LogP contribution < -0.4 is 16.0 Å². The molecule has 0 aliphatic heterocycles. The Hall–Kier alpha value is -2.96. The molecule has 0 aromatic heterocycles. The number of aromatic hydroxyl groups is 1. The van der Waals surface area contributed by atoms with E-state index in [1.165, 1.54) is 0 Å². The first-order chi connectivity index (χ1) is 17.0. The van der Waals surface area contributed by atoms with Crippen LogP contribution in [0.25, 0.3) is 5.57 Å². The average molecular weight is 496 g/mol. The fourth-order valence-electron chi connectivity index (χ4n) is 6.23. The molecule has 1 aromatic carbocycles. The molecule has 0 saturated carbocycles. The number of rotatable bonds is 3. The molecule has 0 spiro atoms. The quantitative estimate of drug-likeness (QED) is 0.395. The van der Waals surface area contributed by atoms with Crippen molar-refractivity contribution < 1.29 is 15.3 Å². The van der Waals surface area contributed by atoms with Crippen LogP contribution in [0.4, 0.5) is 5.69 Å². The van der Waals surface area contributed by atoms with E-state index in [2.05, 4.69) is 25.1 Å². The van der Waals surface area contributed by atoms with Gasteiger partial charge in [-0.3, -0.25) is 0 Å². The first kappa shape index (κ1) is 29.3. The molecular formula is C30H45N3O3. The summed E-state index contributed by atoms with van der Waals surface area (Å²) in [7, 11) is 5.73. The second-order valence-electron chi connectivity index (χ2n) is 9.41. The Balaban J connectivity index is 0.00000109. The summed E-state index contributed by atoms with van der Waals surface area (Å²) in [5, 5.41) is 37.0. The molecule has 0 heterocycles. The lowest BCUT2D eigenvalue weighted by Gasteiger charge is -2.53. The number of anilines is 1. The zero-order valence-corrected chi connectivity index (χ0v) is 23.3. The fourth-order valence-corrected chi connectivity index (χ4v) is 6.23. The smallest absolute Gasteiger partial charge is 0.123 e. The summed E-state index contributed by atoms with van der Waals surface area (Å²) < 4.78 is 0. The molecule has 3 aliphatic rings. The van der Waals surface area contributed by atoms with Gasteiger partial charge in [-0.05, 0) is 72.7 Å². The molecule has 0 saturated heterocycles. The van der Waals surface area contributed by atoms with E-state index in [1.54, 1.807) is 13.1 Å². The highest BCUT2D eigenvalue weighted by Gasteiger charge is 2.56. The van der Waals surface area contributed by atoms with Gasteiger partial charge in [-0.25, -0.2) is 0 Å². The predicted molar refractivity (Wildman–Crippen MR) is 152 cm³/mol. The van der Waals surface area contributed by atoms with Crippen LogP contribution >= 0.6 is 0 Å². The van der Waals surface area contributed by atoms with Gasteiger partial charge in [0.1, 0.15) is 17.1 Å². The number of nitrogens with two attached hydrogens (primary N) is 1. The summed E-state index contributed by atoms with van der Waals surface area (Å²) in [6.07, 6.45) is 1.32. The molecular weight excluding hydrogens is 450 g/mol. The van der Waals surface area contributed by atoms with Crippen LogP contribution in [0.15, 0.2) is 65.6 Å². The van der Waals surface area contributed by atoms with Gasteiger partial charge < -0.3 is 31.3 Å². The fraction of sp³-hybridized carbons (Fsp3) is 0.467. The van der Waals surface area contributed by atoms with E-state index >= 15 is 0 Å². The molecule has 6 heteroatoms. The molecule has 0 amide bonds. The van der Waals surface area contributed by atoms with E-state index in [0.29, 0.717) is 24.0 Å². The molecule has 1 aromatic rings. The number of fused-ring (bicyclic) bond motifs is 3. The van der Waals surface area contributed by atoms with Crippen molar-refractivity contribution in [3.05, 3.63) is 76.7 Å². The highest BCUT2D eigenvalue weighted by Crippen LogP contribution is 2.58. The largest absolute Gasteiger partial charge is 0.510 e. The minimum atomic E-state index is -1.42. The van der Waals surface area contributed by atoms with Crippen LogP contribution in [-0.2, 0) is 6.42 Å². The number of phenolic OH excluding ortho intramolecular Hbond substituents is 1. The summed E-state index contributed by atoms with van der Waals surface area (Å²) in [4.78, 5) is 2.04. The lowest BCUT2D eigenvalue weighted by molar-refractivity contribution is 0.00539. The number of likely N-dealkylation sites (N-methyl/N-ethyl adjacent to an activating group) is 1. The SMILES string of the molecule is C=C(N)C1=C(O)[C@@H](NC)[C@@H]2C[C@@H]3Cc4c(N(C)C)ccc(O)c4C(=C)C3=C(C)[C@]2(O)C1=C.CC.CC. The number of aliphatic hydroxyl groups is 2. The van der Waals surface area contributed by atoms with Gasteiger partial charge in [-0.2, -0.15) is 0 Å². The lowest BCUT2D eigenvalue weighted by Crippen LogP contribution is -2.58. The first-order valence-electron chi connectivity index (χ1n) is 12.9. The number of nitrogens with one attached hydrogen (secondary N) is 1. The van der Waals surface area contributed by atoms with E-state index in [0.717, 1.165) is 33.5 Å². The number of phenols is 1. The number of hydrogen-bond donors (Lipinski definition) is 5. The molecule has 4 rings (SSSR count). The third-order valence-corrected chi connectivity index (χ3v) is 7.63. The van der Waals surface area contributed by atoms with Gasteiger partial charge in [0.25, 0.3) is 0 Å². The first-order valence-corrected chi connectivity index (χ1v) is 12.9. The van der Waals surface area contributed by atoms with Gasteiger partial charge in [0, 0.05) is 42.5 Å². The van der Waals surface area contributed by atoms with Crippen LogP contribution in [0.2, 0.25) is 0 Å². The molecule has 36 heavy (non-hydrogen) atoms. The van der Waals surface area contributed by atoms with Gasteiger partial charge >= 0.3 is 0 Å². The van der Waals surface area contributed by atoms with Crippen molar-refractivity contribution in [3.8, 4) is 5.75 Å². The number of nitrogens with zero attached hydrogens (tertiary/aromatic N) is 1. The van der Waals surface area contributed by atoms with Crippen LogP contribution in [0.5, 0.6) is 5.75 Å². The monoisotopic (exact) mass is 495 g/mol. The van der Waals surface area contributed by atoms with Crippen molar-refractivity contribution >= 4 is 11.3 Å². The normalized spacial score (nSPS) is 26.5. The molecule has 0 fully saturated rings. The van der Waals surface area contributed by atoms with Crippen molar-refractivity contribution in [1.82, 2.24) is 5.32 Å². The summed E-state index contributed by atoms with van der Waals surface area (Å²) >= 11 is 0. The summed E-state index contributed by atoms with van der Waals surface area (Å²) in [5.74, 6) is -0.00337. The summed E-state index contributed by atoms with van der Waals surface area (Å²) in [6, 6.07) is 3.13. The van der Waals surface area contributed by atoms with Crippen molar-refractivity contribution in [1.29, 1.82) is 0 Å². The van der Waals surface area contributed by atoms with Gasteiger partial charge in [-0.15, -0.1) is 0 Å². The Kier molecular flexibility index (Phi) is 8.92. The van der Waals surface area contributed by atoms with Crippen molar-refractivity contribution in [2.24, 2.45) is 17.6 Å². The Bertz CT molecular complexity index is 1130. The molecule has 3 aliphatic carbocycles. The maximum absolute atomic E-state index is 12.1. The second kappa shape index (κ2) is 11.0. The van der Waals surface area contributed by atoms with E-state index in [1.807, 2.05) is 59.7 Å². The zero-order chi connectivity index (χ0) is 27.7. The highest BCUT2D eigenvalue weighted by atomic mass is 16.3. The molecule has 0 radical (unpaired) electrons. The number of benzene rings is 1. The molecule has 0 unspecified atom stereocenters. The third kappa shape index (κ3) is 4.16. The summed E-state index contributed by atoms with van der Waals surface area (Å²) in [5.41, 5.74) is 10.6. The molecule has 0 bridgehead atoms. The predicted octanol–water partition coefficient (Wildman–Crippen LogP) is 5.21. The van der Waals surface area contributed by atoms with Crippen molar-refractivity contribution in [2.75, 3.05) is 26.0 Å². The number of hydrogen-bond acceptors (Lipinski definition) is 6. The Morgan fingerprint density at radius 3 is 2.22 bits per heavy atom. The molecule has 4 atom stereocenters. The minimum Gasteiger partial charge on any atom is -0.510 e. The van der Waals surface area contributed by atoms with Gasteiger partial charge in [0.15, 0.2) is 0 Å². The average Bonchev–Trinajstić information content (AvgIpc) is 2.84. The number of allylic oxidation sites excluding steroid dienone is 3. The third-order valence-electron chi connectivity index (χ3n) is 7.63. The van der Waals surface area contributed by atoms with E-state index in [9.17, 15) is 15.3 Å². The van der Waals surface area contributed by atoms with Crippen molar-refractivity contribution in [3.63, 3.8) is 0 Å². The molecule has 6 N–H and O–H groups in total. The molecule has 6 nitrogen and oxygen atoms in total. The van der Waals surface area contributed by atoms with Crippen LogP contribution in [0.3, 0.4) is 0 Å². The van der Waals surface area contributed by atoms with Crippen molar-refractivity contribution in [2.45, 2.75) is 59.1 Å². The van der Waals surface area contributed by atoms with Crippen LogP contribution in [0, 0.1) is 11.8 Å². The van der Waals surface area contributed by atoms with E-state index in [4.69, 9.17) is 5.73 Å². The Morgan fingerprint density at radius 2 is 1.72 bits per heavy atom. The highest BCUT2D eigenvalue weighted by molar-refractivity contribution is 5.89. The van der Waals surface area contributed by atoms with Gasteiger partial charge in [0.2, 0.25) is 0 Å². The number of aliphatic hydroxyl groups excluding tert-OH is 1. The van der Waals surface area contributed by atoms with Crippen LogP contribution in [-0.4, -0.2) is 48.1 Å². The Labute approximate surface area is 217 Å². The summed E-state index contributed by atoms with van der Waals surface area (Å²) in [6.45, 7) is 22.2.